The van der Waals surface area contributed by atoms with E-state index in [1.165, 1.54) is 5.56 Å². The number of amides is 1. The van der Waals surface area contributed by atoms with Gasteiger partial charge in [-0.2, -0.15) is 0 Å². The summed E-state index contributed by atoms with van der Waals surface area (Å²) in [4.78, 5) is 24.5. The van der Waals surface area contributed by atoms with Crippen molar-refractivity contribution in [3.05, 3.63) is 75.1 Å². The molecule has 0 spiro atoms. The lowest BCUT2D eigenvalue weighted by atomic mass is 10.0. The summed E-state index contributed by atoms with van der Waals surface area (Å²) in [5.74, 6) is -0.114. The van der Waals surface area contributed by atoms with Gasteiger partial charge in [-0.25, -0.2) is 4.79 Å². The quantitative estimate of drug-likeness (QED) is 0.688. The van der Waals surface area contributed by atoms with E-state index in [2.05, 4.69) is 12.2 Å². The summed E-state index contributed by atoms with van der Waals surface area (Å²) in [7, 11) is 0. The van der Waals surface area contributed by atoms with Gasteiger partial charge < -0.3 is 9.73 Å². The van der Waals surface area contributed by atoms with Gasteiger partial charge in [-0.05, 0) is 61.6 Å². The topological polar surface area (TPSA) is 59.3 Å². The van der Waals surface area contributed by atoms with Crippen LogP contribution in [0.2, 0.25) is 0 Å². The first-order valence-electron chi connectivity index (χ1n) is 8.89. The fraction of sp³-hybridized carbons (Fsp3) is 0.273. The number of nitrogens with one attached hydrogen (secondary N) is 1. The Morgan fingerprint density at radius 3 is 2.50 bits per heavy atom. The number of hydrogen-bond acceptors (Lipinski definition) is 3. The maximum atomic E-state index is 12.3. The maximum Gasteiger partial charge on any atom is 0.339 e. The molecule has 1 amide bonds. The van der Waals surface area contributed by atoms with Crippen LogP contribution in [0.1, 0.15) is 35.6 Å². The third kappa shape index (κ3) is 3.85. The second kappa shape index (κ2) is 7.56. The van der Waals surface area contributed by atoms with Crippen molar-refractivity contribution in [2.75, 3.05) is 5.32 Å². The van der Waals surface area contributed by atoms with E-state index < -0.39 is 0 Å². The van der Waals surface area contributed by atoms with Crippen molar-refractivity contribution in [3.63, 3.8) is 0 Å². The van der Waals surface area contributed by atoms with Crippen LogP contribution in [0.3, 0.4) is 0 Å². The molecule has 0 fully saturated rings. The van der Waals surface area contributed by atoms with Gasteiger partial charge in [-0.3, -0.25) is 4.79 Å². The highest BCUT2D eigenvalue weighted by Crippen LogP contribution is 2.21. The van der Waals surface area contributed by atoms with E-state index in [4.69, 9.17) is 4.42 Å². The first-order chi connectivity index (χ1) is 12.5. The summed E-state index contributed by atoms with van der Waals surface area (Å²) in [6.45, 7) is 5.96. The molecule has 0 aliphatic heterocycles. The lowest BCUT2D eigenvalue weighted by Crippen LogP contribution is -2.16. The Hall–Kier alpha value is -2.88. The highest BCUT2D eigenvalue weighted by Gasteiger charge is 2.13. The Morgan fingerprint density at radius 2 is 1.81 bits per heavy atom. The predicted molar refractivity (Wildman–Crippen MR) is 105 cm³/mol. The van der Waals surface area contributed by atoms with Crippen LogP contribution in [-0.2, 0) is 17.6 Å². The van der Waals surface area contributed by atoms with Gasteiger partial charge in [0, 0.05) is 23.1 Å². The van der Waals surface area contributed by atoms with E-state index in [1.54, 1.807) is 0 Å². The van der Waals surface area contributed by atoms with Gasteiger partial charge in [0.25, 0.3) is 0 Å². The molecule has 4 nitrogen and oxygen atoms in total. The molecule has 0 saturated carbocycles. The fourth-order valence-corrected chi connectivity index (χ4v) is 3.08. The zero-order chi connectivity index (χ0) is 18.7. The molecule has 4 heteroatoms. The van der Waals surface area contributed by atoms with Gasteiger partial charge in [-0.15, -0.1) is 0 Å². The SMILES string of the molecule is CCc1ccc(NC(=O)CCc2c(C)c3ccc(C)cc3oc2=O)cc1. The molecular formula is C22H23NO3. The summed E-state index contributed by atoms with van der Waals surface area (Å²) in [6, 6.07) is 13.6. The number of anilines is 1. The average molecular weight is 349 g/mol. The van der Waals surface area contributed by atoms with Crippen molar-refractivity contribution >= 4 is 22.6 Å². The van der Waals surface area contributed by atoms with Crippen molar-refractivity contribution in [1.82, 2.24) is 0 Å². The summed E-state index contributed by atoms with van der Waals surface area (Å²) >= 11 is 0. The van der Waals surface area contributed by atoms with Gasteiger partial charge in [0.2, 0.25) is 5.91 Å². The van der Waals surface area contributed by atoms with E-state index in [-0.39, 0.29) is 18.0 Å². The first kappa shape index (κ1) is 17.9. The molecule has 0 unspecified atom stereocenters. The lowest BCUT2D eigenvalue weighted by Gasteiger charge is -2.09. The second-order valence-electron chi connectivity index (χ2n) is 6.59. The summed E-state index contributed by atoms with van der Waals surface area (Å²) in [5.41, 5.74) is 4.72. The number of hydrogen-bond donors (Lipinski definition) is 1. The van der Waals surface area contributed by atoms with Gasteiger partial charge in [-0.1, -0.05) is 31.2 Å². The van der Waals surface area contributed by atoms with Crippen LogP contribution in [0, 0.1) is 13.8 Å². The van der Waals surface area contributed by atoms with Gasteiger partial charge in [0.1, 0.15) is 5.58 Å². The Balaban J connectivity index is 1.73. The first-order valence-corrected chi connectivity index (χ1v) is 8.89. The standard InChI is InChI=1S/C22H23NO3/c1-4-16-6-8-17(9-7-16)23-21(24)12-11-19-15(3)18-10-5-14(2)13-20(18)26-22(19)25/h5-10,13H,4,11-12H2,1-3H3,(H,23,24). The van der Waals surface area contributed by atoms with Crippen LogP contribution in [0.4, 0.5) is 5.69 Å². The molecule has 0 bridgehead atoms. The summed E-state index contributed by atoms with van der Waals surface area (Å²) in [6.07, 6.45) is 1.56. The van der Waals surface area contributed by atoms with E-state index in [9.17, 15) is 9.59 Å². The van der Waals surface area contributed by atoms with Crippen molar-refractivity contribution in [1.29, 1.82) is 0 Å². The zero-order valence-corrected chi connectivity index (χ0v) is 15.4. The minimum absolute atomic E-state index is 0.114. The largest absolute Gasteiger partial charge is 0.423 e. The number of carbonyl (C=O) groups is 1. The third-order valence-electron chi connectivity index (χ3n) is 4.69. The fourth-order valence-electron chi connectivity index (χ4n) is 3.08. The Bertz CT molecular complexity index is 1000. The van der Waals surface area contributed by atoms with Crippen LogP contribution < -0.4 is 10.9 Å². The van der Waals surface area contributed by atoms with Crippen molar-refractivity contribution in [3.8, 4) is 0 Å². The molecule has 1 aromatic heterocycles. The molecule has 2 aromatic carbocycles. The maximum absolute atomic E-state index is 12.3. The van der Waals surface area contributed by atoms with Gasteiger partial charge in [0.15, 0.2) is 0 Å². The molecule has 26 heavy (non-hydrogen) atoms. The molecule has 3 aromatic rings. The van der Waals surface area contributed by atoms with Gasteiger partial charge >= 0.3 is 5.63 Å². The van der Waals surface area contributed by atoms with E-state index in [1.807, 2.05) is 56.3 Å². The van der Waals surface area contributed by atoms with Crippen LogP contribution >= 0.6 is 0 Å². The minimum atomic E-state index is -0.360. The zero-order valence-electron chi connectivity index (χ0n) is 15.4. The number of benzene rings is 2. The van der Waals surface area contributed by atoms with Gasteiger partial charge in [0.05, 0.1) is 0 Å². The number of aryl methyl sites for hydroxylation is 3. The summed E-state index contributed by atoms with van der Waals surface area (Å²) in [5, 5.41) is 3.79. The average Bonchev–Trinajstić information content (AvgIpc) is 2.61. The number of carbonyl (C=O) groups excluding carboxylic acids is 1. The molecule has 1 N–H and O–H groups in total. The monoisotopic (exact) mass is 349 g/mol. The number of rotatable bonds is 5. The van der Waals surface area contributed by atoms with Crippen LogP contribution in [0.15, 0.2) is 51.7 Å². The van der Waals surface area contributed by atoms with Crippen LogP contribution in [-0.4, -0.2) is 5.91 Å². The molecule has 0 radical (unpaired) electrons. The highest BCUT2D eigenvalue weighted by molar-refractivity contribution is 5.91. The van der Waals surface area contributed by atoms with Crippen LogP contribution in [0.5, 0.6) is 0 Å². The second-order valence-corrected chi connectivity index (χ2v) is 6.59. The molecule has 3 rings (SSSR count). The van der Waals surface area contributed by atoms with Crippen molar-refractivity contribution in [2.24, 2.45) is 0 Å². The normalized spacial score (nSPS) is 10.9. The Labute approximate surface area is 152 Å². The smallest absolute Gasteiger partial charge is 0.339 e. The molecule has 0 saturated heterocycles. The highest BCUT2D eigenvalue weighted by atomic mass is 16.4. The van der Waals surface area contributed by atoms with E-state index in [0.717, 1.165) is 28.6 Å². The molecular weight excluding hydrogens is 326 g/mol. The Kier molecular flexibility index (Phi) is 5.21. The molecule has 1 heterocycles. The Morgan fingerprint density at radius 1 is 1.08 bits per heavy atom. The van der Waals surface area contributed by atoms with Crippen molar-refractivity contribution < 1.29 is 9.21 Å². The van der Waals surface area contributed by atoms with E-state index in [0.29, 0.717) is 17.6 Å². The molecule has 134 valence electrons. The lowest BCUT2D eigenvalue weighted by molar-refractivity contribution is -0.116. The predicted octanol–water partition coefficient (Wildman–Crippen LogP) is 4.54. The van der Waals surface area contributed by atoms with Crippen LogP contribution in [0.25, 0.3) is 11.0 Å². The molecule has 0 aliphatic rings. The van der Waals surface area contributed by atoms with Crippen molar-refractivity contribution in [2.45, 2.75) is 40.0 Å². The minimum Gasteiger partial charge on any atom is -0.423 e. The summed E-state index contributed by atoms with van der Waals surface area (Å²) < 4.78 is 5.44. The molecule has 0 aliphatic carbocycles. The number of fused-ring (bicyclic) bond motifs is 1. The van der Waals surface area contributed by atoms with E-state index >= 15 is 0 Å². The third-order valence-corrected chi connectivity index (χ3v) is 4.69. The molecule has 0 atom stereocenters.